The lowest BCUT2D eigenvalue weighted by Gasteiger charge is -2.66. The van der Waals surface area contributed by atoms with E-state index in [0.717, 1.165) is 23.3 Å². The van der Waals surface area contributed by atoms with Gasteiger partial charge in [0.25, 0.3) is 0 Å². The lowest BCUT2D eigenvalue weighted by Crippen LogP contribution is -2.57. The number of benzene rings is 2. The molecule has 8 bridgehead atoms. The Kier molecular flexibility index (Phi) is 10.6. The largest absolute Gasteiger partial charge is 0.452 e. The fraction of sp³-hybridized carbons (Fsp3) is 0.763. The molecule has 9 saturated carbocycles. The molecule has 12 rings (SSSR count). The lowest BCUT2D eigenvalue weighted by atomic mass is 9.39. The molecule has 0 amide bonds. The van der Waals surface area contributed by atoms with Gasteiger partial charge in [0.05, 0.1) is 0 Å². The van der Waals surface area contributed by atoms with Crippen molar-refractivity contribution in [1.82, 2.24) is 0 Å². The second-order valence-corrected chi connectivity index (χ2v) is 32.3. The molecule has 8 unspecified atom stereocenters. The Morgan fingerprint density at radius 3 is 1.16 bits per heavy atom. The molecule has 0 aromatic heterocycles. The highest BCUT2D eigenvalue weighted by atomic mass is 32.2. The monoisotopic (exact) mass is 893 g/mol. The summed E-state index contributed by atoms with van der Waals surface area (Å²) in [6, 6.07) is 10.5. The maximum atomic E-state index is 7.92. The Bertz CT molecular complexity index is 2020. The lowest BCUT2D eigenvalue weighted by molar-refractivity contribution is -0.117. The molecular formula is C59H88O2S2. The van der Waals surface area contributed by atoms with E-state index in [1.54, 1.807) is 0 Å². The molecule has 0 saturated heterocycles. The molecule has 2 nitrogen and oxygen atoms in total. The van der Waals surface area contributed by atoms with E-state index in [0.29, 0.717) is 32.2 Å². The topological polar surface area (TPSA) is 18.5 Å². The van der Waals surface area contributed by atoms with E-state index in [1.807, 2.05) is 0 Å². The molecule has 2 aromatic rings. The van der Waals surface area contributed by atoms with Crippen molar-refractivity contribution < 1.29 is 9.47 Å². The van der Waals surface area contributed by atoms with Gasteiger partial charge in [-0.25, -0.2) is 0 Å². The van der Waals surface area contributed by atoms with E-state index < -0.39 is 5.79 Å². The van der Waals surface area contributed by atoms with Gasteiger partial charge in [-0.2, -0.15) is 21.0 Å². The van der Waals surface area contributed by atoms with Crippen LogP contribution in [0.2, 0.25) is 0 Å². The Labute approximate surface area is 390 Å². The molecule has 0 radical (unpaired) electrons. The molecule has 10 aliphatic rings. The molecule has 63 heavy (non-hydrogen) atoms. The van der Waals surface area contributed by atoms with Crippen LogP contribution in [-0.4, -0.2) is 28.0 Å². The molecule has 4 heteroatoms. The standard InChI is InChI=1S/C59H88O2S2/c1-51(2,3)43-21-41-31-62(13)47-19-17-15-16-18-20-48(47)63(14)32-42-22-44(52(4,5)6)24-46(59-30-40-27-56(11,37-59)34-57(12,28-40)38-59)50(42)61-53(7,8)60-49(41)45(23-43)58-29-39-25-54(9,35-58)33-55(10,26-39)36-58/h21-24,39-40,47-48H,13-20,25-38H2,1-12H3. The van der Waals surface area contributed by atoms with E-state index in [9.17, 15) is 0 Å². The van der Waals surface area contributed by atoms with Crippen molar-refractivity contribution >= 4 is 32.7 Å². The average Bonchev–Trinajstić information content (AvgIpc) is 3.08. The summed E-state index contributed by atoms with van der Waals surface area (Å²) in [5, 5.41) is 1.15. The summed E-state index contributed by atoms with van der Waals surface area (Å²) in [5.74, 6) is 15.5. The van der Waals surface area contributed by atoms with Crippen molar-refractivity contribution in [3.8, 4) is 11.5 Å². The van der Waals surface area contributed by atoms with Gasteiger partial charge in [0, 0.05) is 68.9 Å². The highest BCUT2D eigenvalue weighted by molar-refractivity contribution is 8.17. The first kappa shape index (κ1) is 45.3. The number of hydrogen-bond donors (Lipinski definition) is 0. The van der Waals surface area contributed by atoms with E-state index in [4.69, 9.17) is 21.2 Å². The summed E-state index contributed by atoms with van der Waals surface area (Å²) in [6.45, 7) is 29.8. The number of ether oxygens (including phenoxy) is 2. The summed E-state index contributed by atoms with van der Waals surface area (Å²) in [5.41, 5.74) is 10.7. The predicted octanol–water partition coefficient (Wildman–Crippen LogP) is 16.5. The van der Waals surface area contributed by atoms with E-state index in [-0.39, 0.29) is 42.6 Å². The third kappa shape index (κ3) is 8.13. The Morgan fingerprint density at radius 1 is 0.492 bits per heavy atom. The smallest absolute Gasteiger partial charge is 0.245 e. The van der Waals surface area contributed by atoms with E-state index in [2.05, 4.69) is 107 Å². The van der Waals surface area contributed by atoms with Crippen LogP contribution >= 0.6 is 21.0 Å². The van der Waals surface area contributed by atoms with Gasteiger partial charge in [-0.3, -0.25) is 0 Å². The zero-order valence-electron chi connectivity index (χ0n) is 42.3. The first-order valence-corrected chi connectivity index (χ1v) is 29.2. The summed E-state index contributed by atoms with van der Waals surface area (Å²) in [7, 11) is -0.144. The molecule has 1 aliphatic heterocycles. The van der Waals surface area contributed by atoms with Crippen LogP contribution in [0.25, 0.3) is 0 Å². The van der Waals surface area contributed by atoms with Crippen molar-refractivity contribution in [2.75, 3.05) is 0 Å². The van der Waals surface area contributed by atoms with Crippen LogP contribution in [0.5, 0.6) is 11.5 Å². The van der Waals surface area contributed by atoms with Crippen molar-refractivity contribution in [2.45, 2.75) is 248 Å². The number of rotatable bonds is 2. The summed E-state index contributed by atoms with van der Waals surface area (Å²) >= 11 is 0. The van der Waals surface area contributed by atoms with Gasteiger partial charge in [0.2, 0.25) is 5.79 Å². The normalized spacial score (nSPS) is 43.2. The molecule has 8 atom stereocenters. The maximum absolute atomic E-state index is 7.92. The SMILES string of the molecule is C=S1Cc2cc(C(C)(C)C)cc(C34CC5CC(C)(CC(C)(C5)C3)C4)c2OC(C)(C)Oc2c(cc(C(C)(C)C)cc2C23CC4CC(C)(CC(C)(C4)C2)C3)CS(=C)C2CCCCCCC21. The summed E-state index contributed by atoms with van der Waals surface area (Å²) < 4.78 is 15.8. The minimum absolute atomic E-state index is 0.0270. The minimum Gasteiger partial charge on any atom is -0.452 e. The fourth-order valence-electron chi connectivity index (χ4n) is 18.3. The van der Waals surface area contributed by atoms with Gasteiger partial charge < -0.3 is 9.47 Å². The molecular weight excluding hydrogens is 805 g/mol. The minimum atomic E-state index is -0.888. The van der Waals surface area contributed by atoms with Crippen LogP contribution in [0.15, 0.2) is 24.3 Å². The maximum Gasteiger partial charge on any atom is 0.245 e. The van der Waals surface area contributed by atoms with Crippen molar-refractivity contribution in [2.24, 2.45) is 33.5 Å². The highest BCUT2D eigenvalue weighted by Gasteiger charge is 2.63. The van der Waals surface area contributed by atoms with E-state index in [1.165, 1.54) is 160 Å². The number of fused-ring (bicyclic) bond motifs is 3. The zero-order chi connectivity index (χ0) is 45.0. The van der Waals surface area contributed by atoms with Gasteiger partial charge >= 0.3 is 0 Å². The summed E-state index contributed by atoms with van der Waals surface area (Å²) in [6.07, 6.45) is 24.0. The van der Waals surface area contributed by atoms with Crippen LogP contribution < -0.4 is 9.47 Å². The number of hydrogen-bond acceptors (Lipinski definition) is 2. The van der Waals surface area contributed by atoms with Crippen molar-refractivity contribution in [1.29, 1.82) is 0 Å². The van der Waals surface area contributed by atoms with Crippen LogP contribution in [0.1, 0.15) is 232 Å². The molecule has 348 valence electrons. The van der Waals surface area contributed by atoms with Gasteiger partial charge in [-0.05, 0) is 145 Å². The molecule has 9 aliphatic carbocycles. The van der Waals surface area contributed by atoms with Crippen molar-refractivity contribution in [3.63, 3.8) is 0 Å². The van der Waals surface area contributed by atoms with Crippen molar-refractivity contribution in [3.05, 3.63) is 57.6 Å². The second kappa shape index (κ2) is 14.7. The second-order valence-electron chi connectivity index (χ2n) is 28.4. The van der Waals surface area contributed by atoms with Crippen LogP contribution in [0.3, 0.4) is 0 Å². The van der Waals surface area contributed by atoms with Crippen LogP contribution in [0.4, 0.5) is 0 Å². The van der Waals surface area contributed by atoms with Gasteiger partial charge in [-0.15, -0.1) is 0 Å². The van der Waals surface area contributed by atoms with Crippen LogP contribution in [0, 0.1) is 33.5 Å². The first-order valence-electron chi connectivity index (χ1n) is 25.9. The third-order valence-corrected chi connectivity index (χ3v) is 23.2. The first-order chi connectivity index (χ1) is 29.2. The Hall–Kier alpha value is -1.52. The predicted molar refractivity (Wildman–Crippen MR) is 276 cm³/mol. The molecule has 1 heterocycles. The molecule has 9 fully saturated rings. The fourth-order valence-corrected chi connectivity index (χ4v) is 23.0. The highest BCUT2D eigenvalue weighted by Crippen LogP contribution is 2.73. The van der Waals surface area contributed by atoms with Gasteiger partial charge in [-0.1, -0.05) is 131 Å². The van der Waals surface area contributed by atoms with E-state index >= 15 is 0 Å². The van der Waals surface area contributed by atoms with Gasteiger partial charge in [0.1, 0.15) is 11.5 Å². The zero-order valence-corrected chi connectivity index (χ0v) is 43.9. The Morgan fingerprint density at radius 2 is 0.841 bits per heavy atom. The average molecular weight is 893 g/mol. The third-order valence-electron chi connectivity index (χ3n) is 18.8. The summed E-state index contributed by atoms with van der Waals surface area (Å²) in [4.78, 5) is 0. The quantitative estimate of drug-likeness (QED) is 0.280. The Balaban J connectivity index is 1.20. The molecule has 0 spiro atoms. The molecule has 2 aromatic carbocycles. The molecule has 0 N–H and O–H groups in total. The van der Waals surface area contributed by atoms with Crippen LogP contribution in [-0.2, 0) is 33.2 Å². The van der Waals surface area contributed by atoms with Gasteiger partial charge in [0.15, 0.2) is 0 Å².